The van der Waals surface area contributed by atoms with Crippen molar-refractivity contribution in [1.29, 1.82) is 0 Å². The number of phenols is 1. The van der Waals surface area contributed by atoms with Crippen LogP contribution in [0.4, 0.5) is 4.39 Å². The van der Waals surface area contributed by atoms with Gasteiger partial charge in [0.1, 0.15) is 11.3 Å². The van der Waals surface area contributed by atoms with E-state index in [2.05, 4.69) is 19.6 Å². The van der Waals surface area contributed by atoms with Gasteiger partial charge >= 0.3 is 5.76 Å². The number of aromatic hydroxyl groups is 1. The summed E-state index contributed by atoms with van der Waals surface area (Å²) in [6.45, 7) is 0.317. The molecule has 1 amide bonds. The summed E-state index contributed by atoms with van der Waals surface area (Å²) in [5.74, 6) is -1.12. The summed E-state index contributed by atoms with van der Waals surface area (Å²) in [6.07, 6.45) is 2.34. The number of aromatic amines is 1. The van der Waals surface area contributed by atoms with Gasteiger partial charge in [-0.25, -0.2) is 9.18 Å². The number of hydrogen-bond donors (Lipinski definition) is 2. The van der Waals surface area contributed by atoms with E-state index in [4.69, 9.17) is 0 Å². The molecule has 0 fully saturated rings. The van der Waals surface area contributed by atoms with Crippen LogP contribution in [-0.4, -0.2) is 38.1 Å². The Balaban J connectivity index is 1.68. The van der Waals surface area contributed by atoms with Gasteiger partial charge in [0.2, 0.25) is 0 Å². The molecule has 3 heterocycles. The highest BCUT2D eigenvalue weighted by atomic mass is 19.1. The van der Waals surface area contributed by atoms with Crippen LogP contribution in [0.2, 0.25) is 0 Å². The first-order valence-electron chi connectivity index (χ1n) is 9.61. The molecule has 2 aromatic carbocycles. The first-order chi connectivity index (χ1) is 14.9. The van der Waals surface area contributed by atoms with Crippen molar-refractivity contribution in [3.8, 4) is 5.75 Å². The maximum absolute atomic E-state index is 13.2. The van der Waals surface area contributed by atoms with Crippen molar-refractivity contribution in [2.24, 2.45) is 0 Å². The molecule has 9 heteroatoms. The number of phenolic OH excluding ortho intramolecular Hbond substituents is 1. The van der Waals surface area contributed by atoms with E-state index in [1.807, 2.05) is 6.07 Å². The van der Waals surface area contributed by atoms with Crippen LogP contribution in [0.1, 0.15) is 38.4 Å². The average Bonchev–Trinajstić information content (AvgIpc) is 3.29. The lowest BCUT2D eigenvalue weighted by Crippen LogP contribution is -2.17. The van der Waals surface area contributed by atoms with Crippen molar-refractivity contribution < 1.29 is 18.8 Å². The highest BCUT2D eigenvalue weighted by Gasteiger charge is 2.33. The summed E-state index contributed by atoms with van der Waals surface area (Å²) < 4.78 is 17.8. The molecule has 4 aromatic rings. The van der Waals surface area contributed by atoms with Crippen molar-refractivity contribution >= 4 is 16.8 Å². The van der Waals surface area contributed by atoms with Gasteiger partial charge in [-0.1, -0.05) is 17.3 Å². The van der Waals surface area contributed by atoms with E-state index >= 15 is 0 Å². The molecule has 0 unspecified atom stereocenters. The molecular formula is C22H17FN4O4. The zero-order valence-electron chi connectivity index (χ0n) is 16.5. The van der Waals surface area contributed by atoms with E-state index in [1.165, 1.54) is 17.0 Å². The lowest BCUT2D eigenvalue weighted by Gasteiger charge is -2.13. The molecule has 0 radical (unpaired) electrons. The number of halogens is 1. The van der Waals surface area contributed by atoms with Crippen LogP contribution >= 0.6 is 0 Å². The molecule has 8 nitrogen and oxygen atoms in total. The summed E-state index contributed by atoms with van der Waals surface area (Å²) in [4.78, 5) is 32.5. The highest BCUT2D eigenvalue weighted by Crippen LogP contribution is 2.40. The van der Waals surface area contributed by atoms with Crippen molar-refractivity contribution in [2.45, 2.75) is 19.4 Å². The summed E-state index contributed by atoms with van der Waals surface area (Å²) in [6, 6.07) is 8.09. The summed E-state index contributed by atoms with van der Waals surface area (Å²) in [5.41, 5.74) is 3.68. The standard InChI is InChI=1S/C22H17FN4O4/c1-27-10-16-14(8-17-25-22(30)31-26-17)15-7-12(6-11-2-4-13(23)5-3-11)9-24-19(15)20(28)18(16)21(27)29/h2-5,7,9,28H,6,8,10H2,1H3,(H,25,26,30). The van der Waals surface area contributed by atoms with Crippen LogP contribution in [0.5, 0.6) is 5.75 Å². The van der Waals surface area contributed by atoms with Gasteiger partial charge in [-0.15, -0.1) is 0 Å². The van der Waals surface area contributed by atoms with Crippen LogP contribution in [0.25, 0.3) is 10.9 Å². The number of aromatic nitrogens is 3. The van der Waals surface area contributed by atoms with Gasteiger partial charge in [0.05, 0.1) is 5.56 Å². The Morgan fingerprint density at radius 1 is 1.19 bits per heavy atom. The average molecular weight is 420 g/mol. The number of rotatable bonds is 4. The first kappa shape index (κ1) is 19.0. The monoisotopic (exact) mass is 420 g/mol. The molecular weight excluding hydrogens is 403 g/mol. The fourth-order valence-corrected chi connectivity index (χ4v) is 4.05. The summed E-state index contributed by atoms with van der Waals surface area (Å²) in [7, 11) is 1.65. The Morgan fingerprint density at radius 2 is 1.97 bits per heavy atom. The highest BCUT2D eigenvalue weighted by molar-refractivity contribution is 6.07. The van der Waals surface area contributed by atoms with E-state index in [9.17, 15) is 19.1 Å². The van der Waals surface area contributed by atoms with E-state index in [-0.39, 0.29) is 29.5 Å². The third-order valence-corrected chi connectivity index (χ3v) is 5.50. The fourth-order valence-electron chi connectivity index (χ4n) is 4.05. The minimum Gasteiger partial charge on any atom is -0.505 e. The number of fused-ring (bicyclic) bond motifs is 2. The number of hydrogen-bond acceptors (Lipinski definition) is 6. The van der Waals surface area contributed by atoms with E-state index in [0.29, 0.717) is 35.3 Å². The third kappa shape index (κ3) is 3.24. The van der Waals surface area contributed by atoms with Gasteiger partial charge in [0.25, 0.3) is 5.91 Å². The molecule has 0 spiro atoms. The van der Waals surface area contributed by atoms with Gasteiger partial charge in [0, 0.05) is 31.6 Å². The largest absolute Gasteiger partial charge is 0.505 e. The second-order valence-corrected chi connectivity index (χ2v) is 7.60. The smallest absolute Gasteiger partial charge is 0.438 e. The van der Waals surface area contributed by atoms with Gasteiger partial charge in [-0.2, -0.15) is 0 Å². The number of carbonyl (C=O) groups excluding carboxylic acids is 1. The normalized spacial score (nSPS) is 13.2. The first-order valence-corrected chi connectivity index (χ1v) is 9.61. The maximum atomic E-state index is 13.2. The molecule has 0 saturated carbocycles. The second kappa shape index (κ2) is 7.05. The lowest BCUT2D eigenvalue weighted by molar-refractivity contribution is 0.0814. The molecule has 5 rings (SSSR count). The Kier molecular flexibility index (Phi) is 4.32. The van der Waals surface area contributed by atoms with Gasteiger partial charge < -0.3 is 10.0 Å². The van der Waals surface area contributed by atoms with Crippen molar-refractivity contribution in [3.05, 3.63) is 86.5 Å². The van der Waals surface area contributed by atoms with Gasteiger partial charge in [-0.05, 0) is 46.9 Å². The van der Waals surface area contributed by atoms with Crippen molar-refractivity contribution in [3.63, 3.8) is 0 Å². The number of carbonyl (C=O) groups is 1. The van der Waals surface area contributed by atoms with Crippen LogP contribution < -0.4 is 5.76 Å². The Labute approximate surface area is 174 Å². The second-order valence-electron chi connectivity index (χ2n) is 7.60. The molecule has 0 aliphatic carbocycles. The zero-order valence-corrected chi connectivity index (χ0v) is 16.5. The lowest BCUT2D eigenvalue weighted by atomic mass is 9.93. The van der Waals surface area contributed by atoms with Crippen LogP contribution in [0.3, 0.4) is 0 Å². The minimum absolute atomic E-state index is 0.162. The molecule has 2 N–H and O–H groups in total. The van der Waals surface area contributed by atoms with Gasteiger partial charge in [0.15, 0.2) is 11.6 Å². The summed E-state index contributed by atoms with van der Waals surface area (Å²) >= 11 is 0. The van der Waals surface area contributed by atoms with E-state index < -0.39 is 5.76 Å². The Bertz CT molecular complexity index is 1390. The minimum atomic E-state index is -0.668. The number of nitrogens with one attached hydrogen (secondary N) is 1. The Morgan fingerprint density at radius 3 is 2.68 bits per heavy atom. The molecule has 1 aliphatic heterocycles. The number of pyridine rings is 1. The van der Waals surface area contributed by atoms with Crippen LogP contribution in [-0.2, 0) is 19.4 Å². The molecule has 0 bridgehead atoms. The fraction of sp³-hybridized carbons (Fsp3) is 0.182. The predicted molar refractivity (Wildman–Crippen MR) is 108 cm³/mol. The topological polar surface area (TPSA) is 112 Å². The van der Waals surface area contributed by atoms with E-state index in [1.54, 1.807) is 25.4 Å². The molecule has 1 aliphatic rings. The number of amides is 1. The van der Waals surface area contributed by atoms with E-state index in [0.717, 1.165) is 16.7 Å². The van der Waals surface area contributed by atoms with Crippen LogP contribution in [0.15, 0.2) is 45.8 Å². The predicted octanol–water partition coefficient (Wildman–Crippen LogP) is 2.52. The molecule has 0 saturated heterocycles. The third-order valence-electron chi connectivity index (χ3n) is 5.50. The quantitative estimate of drug-likeness (QED) is 0.525. The molecule has 2 aromatic heterocycles. The van der Waals surface area contributed by atoms with Gasteiger partial charge in [-0.3, -0.25) is 19.3 Å². The van der Waals surface area contributed by atoms with Crippen molar-refractivity contribution in [2.75, 3.05) is 7.05 Å². The molecule has 0 atom stereocenters. The number of nitrogens with zero attached hydrogens (tertiary/aromatic N) is 3. The molecule has 156 valence electrons. The summed E-state index contributed by atoms with van der Waals surface area (Å²) in [5, 5.41) is 15.2. The number of H-pyrrole nitrogens is 1. The Hall–Kier alpha value is -4.01. The maximum Gasteiger partial charge on any atom is 0.438 e. The SMILES string of the molecule is CN1Cc2c(c(O)c3ncc(Cc4ccc(F)cc4)cc3c2Cc2noc(=O)[nH]2)C1=O. The zero-order chi connectivity index (χ0) is 21.7. The molecule has 31 heavy (non-hydrogen) atoms. The van der Waals surface area contributed by atoms with Crippen LogP contribution in [0, 0.1) is 5.82 Å². The number of benzene rings is 2. The van der Waals surface area contributed by atoms with Crippen molar-refractivity contribution in [1.82, 2.24) is 20.0 Å².